The Balaban J connectivity index is 1.53. The van der Waals surface area contributed by atoms with E-state index in [1.54, 1.807) is 13.0 Å². The van der Waals surface area contributed by atoms with Crippen molar-refractivity contribution in [3.8, 4) is 0 Å². The molecule has 0 bridgehead atoms. The number of carbonyl (C=O) groups is 3. The molecule has 232 valence electrons. The van der Waals surface area contributed by atoms with Crippen molar-refractivity contribution in [1.82, 2.24) is 20.1 Å². The van der Waals surface area contributed by atoms with Crippen molar-refractivity contribution in [3.05, 3.63) is 18.2 Å². The predicted octanol–water partition coefficient (Wildman–Crippen LogP) is 0.128. The van der Waals surface area contributed by atoms with Crippen LogP contribution in [0.3, 0.4) is 0 Å². The predicted molar refractivity (Wildman–Crippen MR) is 162 cm³/mol. The van der Waals surface area contributed by atoms with Gasteiger partial charge in [0.05, 0.1) is 29.2 Å². The minimum absolute atomic E-state index is 0.0524. The highest BCUT2D eigenvalue weighted by Crippen LogP contribution is 2.43. The van der Waals surface area contributed by atoms with Crippen molar-refractivity contribution in [2.75, 3.05) is 18.1 Å². The average molecular weight is 654 g/mol. The van der Waals surface area contributed by atoms with E-state index in [-0.39, 0.29) is 5.84 Å². The number of aliphatic hydroxyl groups is 3. The van der Waals surface area contributed by atoms with Gasteiger partial charge in [0.25, 0.3) is 5.12 Å². The number of hydrogen-bond acceptors (Lipinski definition) is 14. The Kier molecular flexibility index (Phi) is 8.49. The van der Waals surface area contributed by atoms with E-state index in [9.17, 15) is 29.7 Å². The monoisotopic (exact) mass is 653 g/mol. The third-order valence-electron chi connectivity index (χ3n) is 7.62. The second-order valence-corrected chi connectivity index (χ2v) is 13.5. The molecule has 0 radical (unpaired) electrons. The molecule has 2 fully saturated rings. The first-order chi connectivity index (χ1) is 20.2. The Bertz CT molecular complexity index is 1520. The lowest BCUT2D eigenvalue weighted by Crippen LogP contribution is -2.81. The molecular formula is C26H32ClN7O7S2. The summed E-state index contributed by atoms with van der Waals surface area (Å²) in [7, 11) is 0. The number of aliphatic imine (C=N–C) groups is 2. The summed E-state index contributed by atoms with van der Waals surface area (Å²) in [6.45, 7) is 4.83. The van der Waals surface area contributed by atoms with Crippen molar-refractivity contribution in [2.24, 2.45) is 9.98 Å². The van der Waals surface area contributed by atoms with Crippen LogP contribution in [0.15, 0.2) is 32.5 Å². The summed E-state index contributed by atoms with van der Waals surface area (Å²) in [5.41, 5.74) is 5.45. The standard InChI is InChI=1S/C26H32ClN7O7S2/c1-11(9-42-24-31-16-6-5-15(28)7-18(16)43-24)30-22-25(12(2)36)23(34(14(4)38)26(27,32-22)13(3)37)33(10-29-25)21-20(40)19(39)17(8-35)41-21/h5-7,10-11,17,19-21,23,35,39-40H,8-9,28H2,1-4H3,(H,30,32)/t11-,17-,19?,20?,21-,23?,25?,26?/m1/s1. The number of ketones is 2. The highest BCUT2D eigenvalue weighted by atomic mass is 35.5. The molecule has 4 heterocycles. The smallest absolute Gasteiger partial charge is 0.253 e. The van der Waals surface area contributed by atoms with Crippen LogP contribution in [-0.2, 0) is 19.1 Å². The molecule has 1 aromatic carbocycles. The second kappa shape index (κ2) is 11.6. The Morgan fingerprint density at radius 2 is 1.98 bits per heavy atom. The molecule has 14 nitrogen and oxygen atoms in total. The van der Waals surface area contributed by atoms with Crippen molar-refractivity contribution in [1.29, 1.82) is 0 Å². The van der Waals surface area contributed by atoms with Crippen LogP contribution >= 0.6 is 34.7 Å². The van der Waals surface area contributed by atoms with Crippen LogP contribution in [0.5, 0.6) is 0 Å². The highest BCUT2D eigenvalue weighted by molar-refractivity contribution is 8.01. The van der Waals surface area contributed by atoms with E-state index in [1.165, 1.54) is 55.1 Å². The average Bonchev–Trinajstić information content (AvgIpc) is 3.61. The number of aromatic nitrogens is 1. The minimum Gasteiger partial charge on any atom is -0.399 e. The number of ether oxygens (including phenoxy) is 1. The number of halogens is 1. The zero-order valence-electron chi connectivity index (χ0n) is 23.7. The van der Waals surface area contributed by atoms with E-state index in [2.05, 4.69) is 15.3 Å². The van der Waals surface area contributed by atoms with E-state index in [0.717, 1.165) is 19.5 Å². The molecular weight excluding hydrogens is 622 g/mol. The number of nitrogens with zero attached hydrogens (tertiary/aromatic N) is 5. The fraction of sp³-hybridized carbons (Fsp3) is 0.538. The number of amides is 1. The molecule has 6 N–H and O–H groups in total. The first kappa shape index (κ1) is 31.6. The number of rotatable bonds is 8. The summed E-state index contributed by atoms with van der Waals surface area (Å²) in [5, 5.41) is 31.5. The van der Waals surface area contributed by atoms with Gasteiger partial charge in [-0.05, 0) is 32.0 Å². The number of thiazole rings is 1. The maximum absolute atomic E-state index is 13.5. The van der Waals surface area contributed by atoms with Crippen molar-refractivity contribution >= 4 is 80.3 Å². The fourth-order valence-electron chi connectivity index (χ4n) is 5.47. The zero-order chi connectivity index (χ0) is 31.4. The van der Waals surface area contributed by atoms with Gasteiger partial charge in [-0.3, -0.25) is 24.3 Å². The quantitative estimate of drug-likeness (QED) is 0.112. The summed E-state index contributed by atoms with van der Waals surface area (Å²) in [6.07, 6.45) is -5.74. The van der Waals surface area contributed by atoms with Crippen LogP contribution in [0.4, 0.5) is 5.69 Å². The van der Waals surface area contributed by atoms with Gasteiger partial charge < -0.3 is 36.0 Å². The van der Waals surface area contributed by atoms with E-state index in [1.807, 2.05) is 12.1 Å². The van der Waals surface area contributed by atoms with Gasteiger partial charge in [0.2, 0.25) is 11.4 Å². The number of Topliss-reactive ketones (excluding diaryl/α,β-unsaturated/α-hetero) is 2. The molecule has 8 atom stereocenters. The number of thioether (sulfide) groups is 1. The van der Waals surface area contributed by atoms with Gasteiger partial charge >= 0.3 is 0 Å². The summed E-state index contributed by atoms with van der Waals surface area (Å²) in [6, 6.07) is 5.01. The molecule has 43 heavy (non-hydrogen) atoms. The molecule has 1 amide bonds. The Labute approximate surface area is 259 Å². The van der Waals surface area contributed by atoms with Crippen molar-refractivity contribution in [2.45, 2.75) is 79.4 Å². The third-order valence-corrected chi connectivity index (χ3v) is 10.6. The SMILES string of the molecule is CC(=O)N1C2N([C@@H]3O[C@H](CO)C(O)C3O)C=NC2(C(C)=O)C(=N[C@H](C)CSc2nc3ccc(N)cc3s2)NC1(Cl)C(C)=O. The van der Waals surface area contributed by atoms with Gasteiger partial charge in [0.15, 0.2) is 28.3 Å². The number of alkyl halides is 1. The topological polar surface area (TPSA) is 203 Å². The lowest BCUT2D eigenvalue weighted by molar-refractivity contribution is -0.162. The summed E-state index contributed by atoms with van der Waals surface area (Å²) >= 11 is 9.79. The Morgan fingerprint density at radius 1 is 1.26 bits per heavy atom. The van der Waals surface area contributed by atoms with E-state index >= 15 is 0 Å². The second-order valence-electron chi connectivity index (χ2n) is 10.7. The number of benzene rings is 1. The Morgan fingerprint density at radius 3 is 2.58 bits per heavy atom. The molecule has 0 spiro atoms. The van der Waals surface area contributed by atoms with Crippen LogP contribution in [0.1, 0.15) is 27.7 Å². The number of anilines is 1. The number of hydrogen-bond donors (Lipinski definition) is 5. The number of aliphatic hydroxyl groups excluding tert-OH is 3. The highest BCUT2D eigenvalue weighted by Gasteiger charge is 2.68. The molecule has 17 heteroatoms. The summed E-state index contributed by atoms with van der Waals surface area (Å²) in [4.78, 5) is 55.8. The maximum Gasteiger partial charge on any atom is 0.253 e. The van der Waals surface area contributed by atoms with E-state index in [0.29, 0.717) is 11.4 Å². The van der Waals surface area contributed by atoms with Crippen molar-refractivity contribution in [3.63, 3.8) is 0 Å². The Hall–Kier alpha value is -2.86. The van der Waals surface area contributed by atoms with Crippen molar-refractivity contribution < 1.29 is 34.4 Å². The molecule has 5 rings (SSSR count). The lowest BCUT2D eigenvalue weighted by Gasteiger charge is -2.54. The normalized spacial score (nSPS) is 33.6. The van der Waals surface area contributed by atoms with Gasteiger partial charge in [-0.2, -0.15) is 0 Å². The van der Waals surface area contributed by atoms with E-state index in [4.69, 9.17) is 27.1 Å². The molecule has 2 saturated heterocycles. The zero-order valence-corrected chi connectivity index (χ0v) is 26.1. The third kappa shape index (κ3) is 5.18. The molecule has 2 aromatic rings. The van der Waals surface area contributed by atoms with Crippen LogP contribution in [0.25, 0.3) is 10.2 Å². The summed E-state index contributed by atoms with van der Waals surface area (Å²) < 4.78 is 7.45. The first-order valence-electron chi connectivity index (χ1n) is 13.4. The summed E-state index contributed by atoms with van der Waals surface area (Å²) in [5.74, 6) is -1.52. The number of nitrogens with two attached hydrogens (primary N) is 1. The van der Waals surface area contributed by atoms with Gasteiger partial charge in [0.1, 0.15) is 24.1 Å². The molecule has 5 unspecified atom stereocenters. The molecule has 1 aromatic heterocycles. The largest absolute Gasteiger partial charge is 0.399 e. The van der Waals surface area contributed by atoms with Crippen LogP contribution in [0.2, 0.25) is 0 Å². The first-order valence-corrected chi connectivity index (χ1v) is 15.5. The number of fused-ring (bicyclic) bond motifs is 2. The van der Waals surface area contributed by atoms with Gasteiger partial charge in [-0.25, -0.2) is 9.98 Å². The van der Waals surface area contributed by atoms with Crippen LogP contribution < -0.4 is 11.1 Å². The number of nitrogen functional groups attached to an aromatic ring is 1. The molecule has 0 saturated carbocycles. The van der Waals surface area contributed by atoms with Gasteiger partial charge in [0, 0.05) is 25.3 Å². The molecule has 3 aliphatic rings. The van der Waals surface area contributed by atoms with Crippen LogP contribution in [-0.4, -0.2) is 120 Å². The van der Waals surface area contributed by atoms with E-state index < -0.39 is 71.5 Å². The number of carbonyl (C=O) groups excluding carboxylic acids is 3. The maximum atomic E-state index is 13.5. The number of amidine groups is 1. The lowest BCUT2D eigenvalue weighted by atomic mass is 9.85. The molecule has 0 aliphatic carbocycles. The van der Waals surface area contributed by atoms with Gasteiger partial charge in [-0.15, -0.1) is 11.3 Å². The fourth-order valence-corrected chi connectivity index (χ4v) is 7.84. The molecule has 3 aliphatic heterocycles. The minimum atomic E-state index is -2.18. The van der Waals surface area contributed by atoms with Crippen LogP contribution in [0, 0.1) is 0 Å². The van der Waals surface area contributed by atoms with Gasteiger partial charge in [-0.1, -0.05) is 23.4 Å². The number of nitrogens with one attached hydrogen (secondary N) is 1.